The third-order valence-electron chi connectivity index (χ3n) is 5.52. The highest BCUT2D eigenvalue weighted by Gasteiger charge is 2.12. The van der Waals surface area contributed by atoms with Crippen molar-refractivity contribution in [3.05, 3.63) is 35.7 Å². The zero-order valence-corrected chi connectivity index (χ0v) is 17.2. The third-order valence-corrected chi connectivity index (χ3v) is 5.52. The monoisotopic (exact) mass is 356 g/mol. The van der Waals surface area contributed by atoms with Gasteiger partial charge in [0, 0.05) is 12.4 Å². The van der Waals surface area contributed by atoms with E-state index in [-0.39, 0.29) is 0 Å². The first-order chi connectivity index (χ1) is 12.9. The SMILES string of the molecule is CCCCCCCCc1cc[nH]c1-c1[nH]ccc1CCCCCCCC. The maximum Gasteiger partial charge on any atom is 0.0654 e. The molecule has 0 amide bonds. The number of aromatic nitrogens is 2. The third kappa shape index (κ3) is 7.05. The maximum absolute atomic E-state index is 3.50. The first kappa shape index (κ1) is 20.9. The summed E-state index contributed by atoms with van der Waals surface area (Å²) in [6.45, 7) is 4.57. The van der Waals surface area contributed by atoms with Crippen LogP contribution in [-0.4, -0.2) is 9.97 Å². The highest BCUT2D eigenvalue weighted by Crippen LogP contribution is 2.27. The van der Waals surface area contributed by atoms with Crippen LogP contribution in [0.4, 0.5) is 0 Å². The molecule has 2 heteroatoms. The second-order valence-electron chi connectivity index (χ2n) is 7.79. The molecular weight excluding hydrogens is 316 g/mol. The summed E-state index contributed by atoms with van der Waals surface area (Å²) in [5.41, 5.74) is 5.60. The zero-order valence-electron chi connectivity index (χ0n) is 17.2. The van der Waals surface area contributed by atoms with Crippen molar-refractivity contribution >= 4 is 0 Å². The van der Waals surface area contributed by atoms with Crippen LogP contribution in [0.2, 0.25) is 0 Å². The molecule has 0 aromatic carbocycles. The van der Waals surface area contributed by atoms with Gasteiger partial charge < -0.3 is 9.97 Å². The molecule has 0 unspecified atom stereocenters. The van der Waals surface area contributed by atoms with Crippen molar-refractivity contribution in [3.8, 4) is 11.4 Å². The summed E-state index contributed by atoms with van der Waals surface area (Å²) in [6, 6.07) is 4.55. The molecule has 0 aliphatic heterocycles. The number of hydrogen-bond donors (Lipinski definition) is 2. The molecule has 0 atom stereocenters. The molecule has 0 spiro atoms. The molecular formula is C24H40N2. The van der Waals surface area contributed by atoms with E-state index in [4.69, 9.17) is 0 Å². The number of unbranched alkanes of at least 4 members (excludes halogenated alkanes) is 10. The topological polar surface area (TPSA) is 31.6 Å². The first-order valence-corrected chi connectivity index (χ1v) is 11.2. The lowest BCUT2D eigenvalue weighted by Crippen LogP contribution is -1.93. The van der Waals surface area contributed by atoms with Crippen LogP contribution < -0.4 is 0 Å². The summed E-state index contributed by atoms with van der Waals surface area (Å²) >= 11 is 0. The van der Waals surface area contributed by atoms with E-state index in [9.17, 15) is 0 Å². The normalized spacial score (nSPS) is 11.3. The predicted octanol–water partition coefficient (Wildman–Crippen LogP) is 7.82. The lowest BCUT2D eigenvalue weighted by molar-refractivity contribution is 0.607. The maximum atomic E-state index is 3.50. The molecule has 0 fully saturated rings. The standard InChI is InChI=1S/C24H40N2/c1-3-5-7-9-11-13-15-21-17-19-25-23(21)24-22(18-20-26-24)16-14-12-10-8-6-4-2/h17-20,25-26H,3-16H2,1-2H3. The molecule has 0 aliphatic carbocycles. The minimum atomic E-state index is 1.19. The van der Waals surface area contributed by atoms with Gasteiger partial charge in [-0.3, -0.25) is 0 Å². The van der Waals surface area contributed by atoms with Crippen LogP contribution in [0.25, 0.3) is 11.4 Å². The highest BCUT2D eigenvalue weighted by molar-refractivity contribution is 5.63. The van der Waals surface area contributed by atoms with Crippen molar-refractivity contribution in [1.29, 1.82) is 0 Å². The number of rotatable bonds is 15. The summed E-state index contributed by atoms with van der Waals surface area (Å²) in [4.78, 5) is 6.99. The molecule has 146 valence electrons. The zero-order chi connectivity index (χ0) is 18.5. The minimum Gasteiger partial charge on any atom is -0.360 e. The van der Waals surface area contributed by atoms with Crippen LogP contribution in [0.5, 0.6) is 0 Å². The Bertz CT molecular complexity index is 526. The molecule has 26 heavy (non-hydrogen) atoms. The van der Waals surface area contributed by atoms with Gasteiger partial charge in [0.1, 0.15) is 0 Å². The highest BCUT2D eigenvalue weighted by atomic mass is 14.8. The molecule has 0 radical (unpaired) electrons. The van der Waals surface area contributed by atoms with E-state index in [1.165, 1.54) is 112 Å². The first-order valence-electron chi connectivity index (χ1n) is 11.2. The molecule has 2 aromatic rings. The molecule has 2 nitrogen and oxygen atoms in total. The summed E-state index contributed by atoms with van der Waals surface area (Å²) in [5, 5.41) is 0. The second-order valence-corrected chi connectivity index (χ2v) is 7.79. The van der Waals surface area contributed by atoms with Crippen LogP contribution in [-0.2, 0) is 12.8 Å². The molecule has 2 aromatic heterocycles. The summed E-state index contributed by atoms with van der Waals surface area (Å²) < 4.78 is 0. The molecule has 0 saturated carbocycles. The Morgan fingerprint density at radius 2 is 0.923 bits per heavy atom. The Morgan fingerprint density at radius 3 is 1.35 bits per heavy atom. The van der Waals surface area contributed by atoms with Crippen LogP contribution in [0.3, 0.4) is 0 Å². The van der Waals surface area contributed by atoms with E-state index in [0.29, 0.717) is 0 Å². The van der Waals surface area contributed by atoms with Crippen molar-refractivity contribution in [2.24, 2.45) is 0 Å². The molecule has 2 N–H and O–H groups in total. The van der Waals surface area contributed by atoms with Gasteiger partial charge in [-0.25, -0.2) is 0 Å². The van der Waals surface area contributed by atoms with Gasteiger partial charge in [0.25, 0.3) is 0 Å². The molecule has 2 heterocycles. The van der Waals surface area contributed by atoms with Gasteiger partial charge in [-0.15, -0.1) is 0 Å². The number of nitrogens with one attached hydrogen (secondary N) is 2. The van der Waals surface area contributed by atoms with Crippen molar-refractivity contribution in [2.75, 3.05) is 0 Å². The molecule has 0 saturated heterocycles. The fraction of sp³-hybridized carbons (Fsp3) is 0.667. The van der Waals surface area contributed by atoms with Gasteiger partial charge >= 0.3 is 0 Å². The van der Waals surface area contributed by atoms with E-state index in [0.717, 1.165) is 0 Å². The predicted molar refractivity (Wildman–Crippen MR) is 115 cm³/mol. The lowest BCUT2D eigenvalue weighted by atomic mass is 10.0. The number of aromatic amines is 2. The van der Waals surface area contributed by atoms with Crippen LogP contribution in [0.15, 0.2) is 24.5 Å². The Balaban J connectivity index is 1.80. The second kappa shape index (κ2) is 12.8. The van der Waals surface area contributed by atoms with Gasteiger partial charge in [0.2, 0.25) is 0 Å². The number of hydrogen-bond acceptors (Lipinski definition) is 0. The van der Waals surface area contributed by atoms with Gasteiger partial charge in [-0.05, 0) is 48.9 Å². The van der Waals surface area contributed by atoms with E-state index < -0.39 is 0 Å². The molecule has 2 rings (SSSR count). The Kier molecular flexibility index (Phi) is 10.3. The van der Waals surface area contributed by atoms with Crippen molar-refractivity contribution in [2.45, 2.75) is 104 Å². The summed E-state index contributed by atoms with van der Waals surface area (Å²) in [6.07, 6.45) is 23.0. The van der Waals surface area contributed by atoms with E-state index in [1.807, 2.05) is 0 Å². The summed E-state index contributed by atoms with van der Waals surface area (Å²) in [5.74, 6) is 0. The Morgan fingerprint density at radius 1 is 0.538 bits per heavy atom. The fourth-order valence-electron chi connectivity index (χ4n) is 3.88. The molecule has 0 bridgehead atoms. The van der Waals surface area contributed by atoms with Crippen molar-refractivity contribution < 1.29 is 0 Å². The van der Waals surface area contributed by atoms with E-state index >= 15 is 0 Å². The minimum absolute atomic E-state index is 1.19. The van der Waals surface area contributed by atoms with Gasteiger partial charge in [0.05, 0.1) is 11.4 Å². The Hall–Kier alpha value is -1.44. The van der Waals surface area contributed by atoms with Gasteiger partial charge in [-0.2, -0.15) is 0 Å². The average Bonchev–Trinajstić information content (AvgIpc) is 3.29. The fourth-order valence-corrected chi connectivity index (χ4v) is 3.88. The Labute approximate surface area is 161 Å². The quantitative estimate of drug-likeness (QED) is 0.305. The van der Waals surface area contributed by atoms with Gasteiger partial charge in [0.15, 0.2) is 0 Å². The summed E-state index contributed by atoms with van der Waals surface area (Å²) in [7, 11) is 0. The van der Waals surface area contributed by atoms with Crippen LogP contribution >= 0.6 is 0 Å². The van der Waals surface area contributed by atoms with Crippen molar-refractivity contribution in [3.63, 3.8) is 0 Å². The van der Waals surface area contributed by atoms with Crippen molar-refractivity contribution in [1.82, 2.24) is 9.97 Å². The molecule has 0 aliphatic rings. The lowest BCUT2D eigenvalue weighted by Gasteiger charge is -2.07. The van der Waals surface area contributed by atoms with Gasteiger partial charge in [-0.1, -0.05) is 78.1 Å². The average molecular weight is 357 g/mol. The number of H-pyrrole nitrogens is 2. The van der Waals surface area contributed by atoms with E-state index in [2.05, 4.69) is 48.3 Å². The van der Waals surface area contributed by atoms with Crippen LogP contribution in [0, 0.1) is 0 Å². The largest absolute Gasteiger partial charge is 0.360 e. The van der Waals surface area contributed by atoms with Crippen LogP contribution in [0.1, 0.15) is 102 Å². The van der Waals surface area contributed by atoms with E-state index in [1.54, 1.807) is 0 Å². The smallest absolute Gasteiger partial charge is 0.0654 e. The number of aryl methyl sites for hydroxylation is 2.